The third kappa shape index (κ3) is 7.48. The maximum absolute atomic E-state index is 14.1. The van der Waals surface area contributed by atoms with Gasteiger partial charge in [-0.3, -0.25) is 4.90 Å². The first-order valence-corrected chi connectivity index (χ1v) is 16.9. The molecule has 6 nitrogen and oxygen atoms in total. The van der Waals surface area contributed by atoms with E-state index in [0.29, 0.717) is 12.8 Å². The van der Waals surface area contributed by atoms with Crippen molar-refractivity contribution >= 4 is 36.3 Å². The van der Waals surface area contributed by atoms with Crippen LogP contribution in [-0.2, 0) is 31.7 Å². The van der Waals surface area contributed by atoms with Crippen LogP contribution >= 0.6 is 15.9 Å². The number of carbonyl (C=O) groups excluding carboxylic acids is 2. The Kier molecular flexibility index (Phi) is 9.21. The molecule has 1 heterocycles. The molecule has 0 N–H and O–H groups in total. The standard InChI is InChI=1S/C30H42BrNO5Si/c1-28(2,3)36-27(34)32-20-25(37-38(7,8)29(4,5)6)19-30(32,18-22-14-16-24(31)17-15-22)26(33)35-21-23-12-10-9-11-13-23/h9-17,25H,18-21H2,1-8H3/t25-,30+/m1/s1. The number of amides is 1. The number of likely N-dealkylation sites (tertiary alicyclic amines) is 1. The molecular weight excluding hydrogens is 562 g/mol. The number of nitrogens with zero attached hydrogens (tertiary/aromatic N) is 1. The monoisotopic (exact) mass is 603 g/mol. The molecule has 3 rings (SSSR count). The predicted molar refractivity (Wildman–Crippen MR) is 156 cm³/mol. The fraction of sp³-hybridized carbons (Fsp3) is 0.533. The molecule has 2 atom stereocenters. The third-order valence-electron chi connectivity index (χ3n) is 7.35. The van der Waals surface area contributed by atoms with Crippen molar-refractivity contribution in [2.45, 2.75) is 96.4 Å². The van der Waals surface area contributed by atoms with E-state index in [1.54, 1.807) is 4.90 Å². The molecule has 0 spiro atoms. The minimum atomic E-state index is -2.19. The van der Waals surface area contributed by atoms with Gasteiger partial charge in [0.1, 0.15) is 17.7 Å². The predicted octanol–water partition coefficient (Wildman–Crippen LogP) is 7.51. The minimum Gasteiger partial charge on any atom is -0.459 e. The van der Waals surface area contributed by atoms with Gasteiger partial charge < -0.3 is 13.9 Å². The third-order valence-corrected chi connectivity index (χ3v) is 12.4. The van der Waals surface area contributed by atoms with E-state index >= 15 is 0 Å². The summed E-state index contributed by atoms with van der Waals surface area (Å²) in [5.41, 5.74) is -0.174. The summed E-state index contributed by atoms with van der Waals surface area (Å²) >= 11 is 3.49. The average Bonchev–Trinajstić information content (AvgIpc) is 3.16. The second-order valence-corrected chi connectivity index (χ2v) is 18.4. The van der Waals surface area contributed by atoms with E-state index in [2.05, 4.69) is 49.8 Å². The van der Waals surface area contributed by atoms with Crippen LogP contribution in [0.1, 0.15) is 59.1 Å². The van der Waals surface area contributed by atoms with Crippen LogP contribution in [0.15, 0.2) is 59.1 Å². The van der Waals surface area contributed by atoms with Gasteiger partial charge >= 0.3 is 12.1 Å². The van der Waals surface area contributed by atoms with Crippen molar-refractivity contribution in [2.75, 3.05) is 6.54 Å². The Hall–Kier alpha value is -2.16. The number of hydrogen-bond acceptors (Lipinski definition) is 5. The molecule has 2 aromatic rings. The minimum absolute atomic E-state index is 0.0193. The summed E-state index contributed by atoms with van der Waals surface area (Å²) in [6, 6.07) is 17.4. The van der Waals surface area contributed by atoms with Gasteiger partial charge in [0.2, 0.25) is 0 Å². The topological polar surface area (TPSA) is 65.1 Å². The molecule has 38 heavy (non-hydrogen) atoms. The van der Waals surface area contributed by atoms with Gasteiger partial charge in [-0.05, 0) is 62.2 Å². The quantitative estimate of drug-likeness (QED) is 0.242. The van der Waals surface area contributed by atoms with Crippen LogP contribution in [0.25, 0.3) is 0 Å². The highest BCUT2D eigenvalue weighted by atomic mass is 79.9. The second kappa shape index (κ2) is 11.5. The van der Waals surface area contributed by atoms with Crippen LogP contribution in [0.2, 0.25) is 18.1 Å². The molecule has 0 unspecified atom stereocenters. The van der Waals surface area contributed by atoms with E-state index < -0.39 is 31.5 Å². The van der Waals surface area contributed by atoms with Gasteiger partial charge in [-0.2, -0.15) is 0 Å². The molecule has 1 fully saturated rings. The first kappa shape index (κ1) is 30.4. The van der Waals surface area contributed by atoms with Gasteiger partial charge in [0.05, 0.1) is 12.6 Å². The van der Waals surface area contributed by atoms with Gasteiger partial charge in [0, 0.05) is 17.3 Å². The van der Waals surface area contributed by atoms with Crippen LogP contribution in [0.5, 0.6) is 0 Å². The summed E-state index contributed by atoms with van der Waals surface area (Å²) in [4.78, 5) is 29.3. The summed E-state index contributed by atoms with van der Waals surface area (Å²) in [5.74, 6) is -0.448. The molecule has 0 saturated carbocycles. The number of ether oxygens (including phenoxy) is 2. The Morgan fingerprint density at radius 2 is 1.58 bits per heavy atom. The second-order valence-electron chi connectivity index (χ2n) is 12.7. The molecule has 1 amide bonds. The summed E-state index contributed by atoms with van der Waals surface area (Å²) in [5, 5.41) is -0.0193. The molecule has 1 saturated heterocycles. The van der Waals surface area contributed by atoms with Crippen molar-refractivity contribution in [3.8, 4) is 0 Å². The van der Waals surface area contributed by atoms with Gasteiger partial charge in [-0.25, -0.2) is 9.59 Å². The van der Waals surface area contributed by atoms with Gasteiger partial charge in [0.15, 0.2) is 8.32 Å². The molecule has 0 bridgehead atoms. The van der Waals surface area contributed by atoms with Crippen molar-refractivity contribution in [1.82, 2.24) is 4.90 Å². The fourth-order valence-electron chi connectivity index (χ4n) is 4.40. The van der Waals surface area contributed by atoms with Crippen LogP contribution in [-0.4, -0.2) is 49.1 Å². The van der Waals surface area contributed by atoms with E-state index in [1.807, 2.05) is 75.4 Å². The fourth-order valence-corrected chi connectivity index (χ4v) is 6.01. The molecular formula is C30H42BrNO5Si. The molecule has 8 heteroatoms. The first-order chi connectivity index (χ1) is 17.5. The molecule has 1 aliphatic rings. The lowest BCUT2D eigenvalue weighted by Gasteiger charge is -2.38. The Morgan fingerprint density at radius 3 is 2.13 bits per heavy atom. The number of benzene rings is 2. The lowest BCUT2D eigenvalue weighted by atomic mass is 9.87. The van der Waals surface area contributed by atoms with E-state index in [0.717, 1.165) is 15.6 Å². The number of halogens is 1. The maximum Gasteiger partial charge on any atom is 0.411 e. The zero-order chi connectivity index (χ0) is 28.4. The molecule has 2 aromatic carbocycles. The summed E-state index contributed by atoms with van der Waals surface area (Å²) in [6.07, 6.45) is -0.219. The number of hydrogen-bond donors (Lipinski definition) is 0. The van der Waals surface area contributed by atoms with E-state index in [4.69, 9.17) is 13.9 Å². The Balaban J connectivity index is 2.03. The van der Waals surface area contributed by atoms with Gasteiger partial charge in [-0.1, -0.05) is 79.2 Å². The first-order valence-electron chi connectivity index (χ1n) is 13.2. The number of carbonyl (C=O) groups is 2. The lowest BCUT2D eigenvalue weighted by Crippen LogP contribution is -2.56. The SMILES string of the molecule is CC(C)(C)OC(=O)N1C[C@H](O[Si](C)(C)C(C)(C)C)C[C@@]1(Cc1ccc(Br)cc1)C(=O)OCc1ccccc1. The van der Waals surface area contributed by atoms with Gasteiger partial charge in [0.25, 0.3) is 0 Å². The summed E-state index contributed by atoms with van der Waals surface area (Å²) in [6.45, 7) is 16.8. The molecule has 0 aromatic heterocycles. The van der Waals surface area contributed by atoms with Crippen molar-refractivity contribution in [3.05, 3.63) is 70.2 Å². The van der Waals surface area contributed by atoms with Crippen LogP contribution in [0.3, 0.4) is 0 Å². The van der Waals surface area contributed by atoms with E-state index in [9.17, 15) is 9.59 Å². The number of rotatable bonds is 7. The zero-order valence-corrected chi connectivity index (χ0v) is 26.6. The molecule has 208 valence electrons. The summed E-state index contributed by atoms with van der Waals surface area (Å²) < 4.78 is 19.5. The Morgan fingerprint density at radius 1 is 0.974 bits per heavy atom. The number of esters is 1. The van der Waals surface area contributed by atoms with Crippen molar-refractivity contribution < 1.29 is 23.5 Å². The molecule has 0 aliphatic carbocycles. The van der Waals surface area contributed by atoms with Crippen molar-refractivity contribution in [2.24, 2.45) is 0 Å². The highest BCUT2D eigenvalue weighted by Gasteiger charge is 2.57. The van der Waals surface area contributed by atoms with E-state index in [1.165, 1.54) is 0 Å². The van der Waals surface area contributed by atoms with Gasteiger partial charge in [-0.15, -0.1) is 0 Å². The normalized spacial score (nSPS) is 20.3. The smallest absolute Gasteiger partial charge is 0.411 e. The Bertz CT molecular complexity index is 1110. The van der Waals surface area contributed by atoms with Crippen molar-refractivity contribution in [1.29, 1.82) is 0 Å². The van der Waals surface area contributed by atoms with Crippen molar-refractivity contribution in [3.63, 3.8) is 0 Å². The molecule has 0 radical (unpaired) electrons. The maximum atomic E-state index is 14.1. The van der Waals surface area contributed by atoms with Crippen LogP contribution in [0, 0.1) is 0 Å². The van der Waals surface area contributed by atoms with Crippen LogP contribution < -0.4 is 0 Å². The Labute approximate surface area is 237 Å². The highest BCUT2D eigenvalue weighted by Crippen LogP contribution is 2.42. The summed E-state index contributed by atoms with van der Waals surface area (Å²) in [7, 11) is -2.19. The lowest BCUT2D eigenvalue weighted by molar-refractivity contribution is -0.158. The highest BCUT2D eigenvalue weighted by molar-refractivity contribution is 9.10. The largest absolute Gasteiger partial charge is 0.459 e. The molecule has 1 aliphatic heterocycles. The van der Waals surface area contributed by atoms with Crippen LogP contribution in [0.4, 0.5) is 4.79 Å². The van der Waals surface area contributed by atoms with E-state index in [-0.39, 0.29) is 24.3 Å². The zero-order valence-electron chi connectivity index (χ0n) is 24.0. The average molecular weight is 605 g/mol.